The Kier molecular flexibility index (Phi) is 4.70. The van der Waals surface area contributed by atoms with Gasteiger partial charge in [0.2, 0.25) is 5.83 Å². The van der Waals surface area contributed by atoms with Crippen LogP contribution in [0.2, 0.25) is 0 Å². The van der Waals surface area contributed by atoms with Crippen LogP contribution in [0.3, 0.4) is 0 Å². The summed E-state index contributed by atoms with van der Waals surface area (Å²) in [5.74, 6) is -1.68. The van der Waals surface area contributed by atoms with Gasteiger partial charge in [0.25, 0.3) is 0 Å². The van der Waals surface area contributed by atoms with E-state index >= 15 is 0 Å². The Labute approximate surface area is 94.7 Å². The molecule has 0 spiro atoms. The van der Waals surface area contributed by atoms with Crippen molar-refractivity contribution in [3.63, 3.8) is 0 Å². The molecule has 0 aromatic heterocycles. The van der Waals surface area contributed by atoms with E-state index in [0.717, 1.165) is 5.56 Å². The zero-order valence-corrected chi connectivity index (χ0v) is 9.50. The van der Waals surface area contributed by atoms with Crippen LogP contribution < -0.4 is 0 Å². The van der Waals surface area contributed by atoms with Gasteiger partial charge in [-0.15, -0.1) is 0 Å². The lowest BCUT2D eigenvalue weighted by molar-refractivity contribution is -0.140. The van der Waals surface area contributed by atoms with Crippen molar-refractivity contribution in [3.05, 3.63) is 41.7 Å². The Morgan fingerprint density at radius 2 is 1.88 bits per heavy atom. The minimum Gasteiger partial charge on any atom is -0.461 e. The zero-order valence-electron chi connectivity index (χ0n) is 9.50. The number of hydrogen-bond acceptors (Lipinski definition) is 2. The highest BCUT2D eigenvalue weighted by atomic mass is 19.1. The molecule has 3 heteroatoms. The quantitative estimate of drug-likeness (QED) is 0.577. The van der Waals surface area contributed by atoms with Crippen molar-refractivity contribution in [2.45, 2.75) is 20.3 Å². The normalized spacial score (nSPS) is 11.9. The first-order chi connectivity index (χ1) is 7.70. The van der Waals surface area contributed by atoms with Gasteiger partial charge in [-0.2, -0.15) is 4.39 Å². The molecule has 0 fully saturated rings. The molecular formula is C13H15FO2. The molecule has 0 amide bonds. The van der Waals surface area contributed by atoms with Gasteiger partial charge < -0.3 is 4.74 Å². The SMILES string of the molecule is CCOC(=O)/C(F)=C(/CC)c1ccccc1. The topological polar surface area (TPSA) is 26.3 Å². The Morgan fingerprint density at radius 3 is 2.38 bits per heavy atom. The second-order valence-corrected chi connectivity index (χ2v) is 3.23. The van der Waals surface area contributed by atoms with Gasteiger partial charge in [-0.1, -0.05) is 37.3 Å². The summed E-state index contributed by atoms with van der Waals surface area (Å²) in [7, 11) is 0. The van der Waals surface area contributed by atoms with Crippen LogP contribution in [-0.2, 0) is 9.53 Å². The average molecular weight is 222 g/mol. The van der Waals surface area contributed by atoms with Gasteiger partial charge in [-0.25, -0.2) is 4.79 Å². The number of carbonyl (C=O) groups is 1. The number of benzene rings is 1. The van der Waals surface area contributed by atoms with Crippen molar-refractivity contribution in [2.75, 3.05) is 6.61 Å². The highest BCUT2D eigenvalue weighted by Gasteiger charge is 2.16. The highest BCUT2D eigenvalue weighted by molar-refractivity contribution is 5.95. The summed E-state index contributed by atoms with van der Waals surface area (Å²) in [6, 6.07) is 9.02. The predicted octanol–water partition coefficient (Wildman–Crippen LogP) is 3.34. The van der Waals surface area contributed by atoms with Crippen molar-refractivity contribution < 1.29 is 13.9 Å². The highest BCUT2D eigenvalue weighted by Crippen LogP contribution is 2.23. The van der Waals surface area contributed by atoms with Crippen molar-refractivity contribution in [1.82, 2.24) is 0 Å². The molecule has 0 aliphatic heterocycles. The fraction of sp³-hybridized carbons (Fsp3) is 0.308. The van der Waals surface area contributed by atoms with Crippen LogP contribution in [0.15, 0.2) is 36.2 Å². The fourth-order valence-corrected chi connectivity index (χ4v) is 1.44. The molecule has 0 N–H and O–H groups in total. The monoisotopic (exact) mass is 222 g/mol. The van der Waals surface area contributed by atoms with Crippen molar-refractivity contribution in [1.29, 1.82) is 0 Å². The number of esters is 1. The molecule has 2 nitrogen and oxygen atoms in total. The summed E-state index contributed by atoms with van der Waals surface area (Å²) in [5, 5.41) is 0. The van der Waals surface area contributed by atoms with E-state index in [1.165, 1.54) is 0 Å². The molecule has 0 radical (unpaired) electrons. The molecule has 0 bridgehead atoms. The molecule has 0 unspecified atom stereocenters. The van der Waals surface area contributed by atoms with E-state index in [4.69, 9.17) is 0 Å². The molecule has 0 saturated heterocycles. The van der Waals surface area contributed by atoms with E-state index in [2.05, 4.69) is 4.74 Å². The molecule has 1 rings (SSSR count). The first-order valence-corrected chi connectivity index (χ1v) is 5.31. The summed E-state index contributed by atoms with van der Waals surface area (Å²) in [6.07, 6.45) is 0.453. The number of allylic oxidation sites excluding steroid dienone is 1. The van der Waals surface area contributed by atoms with Gasteiger partial charge in [0.05, 0.1) is 6.61 Å². The molecule has 0 aliphatic carbocycles. The van der Waals surface area contributed by atoms with Crippen LogP contribution in [0, 0.1) is 0 Å². The molecule has 16 heavy (non-hydrogen) atoms. The second kappa shape index (κ2) is 6.05. The summed E-state index contributed by atoms with van der Waals surface area (Å²) >= 11 is 0. The van der Waals surface area contributed by atoms with Crippen molar-refractivity contribution in [3.8, 4) is 0 Å². The van der Waals surface area contributed by atoms with Crippen LogP contribution >= 0.6 is 0 Å². The maximum Gasteiger partial charge on any atom is 0.367 e. The maximum atomic E-state index is 13.7. The number of carbonyl (C=O) groups excluding carboxylic acids is 1. The Balaban J connectivity index is 3.05. The average Bonchev–Trinajstić information content (AvgIpc) is 2.31. The maximum absolute atomic E-state index is 13.7. The third-order valence-corrected chi connectivity index (χ3v) is 2.20. The summed E-state index contributed by atoms with van der Waals surface area (Å²) in [6.45, 7) is 3.64. The van der Waals surface area contributed by atoms with E-state index < -0.39 is 11.8 Å². The minimum atomic E-state index is -0.886. The Morgan fingerprint density at radius 1 is 1.25 bits per heavy atom. The fourth-order valence-electron chi connectivity index (χ4n) is 1.44. The Bertz CT molecular complexity index is 382. The van der Waals surface area contributed by atoms with Crippen LogP contribution in [-0.4, -0.2) is 12.6 Å². The van der Waals surface area contributed by atoms with E-state index in [1.54, 1.807) is 26.0 Å². The number of hydrogen-bond donors (Lipinski definition) is 0. The summed E-state index contributed by atoms with van der Waals surface area (Å²) < 4.78 is 18.4. The summed E-state index contributed by atoms with van der Waals surface area (Å²) in [4.78, 5) is 11.3. The van der Waals surface area contributed by atoms with Crippen LogP contribution in [0.4, 0.5) is 4.39 Å². The number of rotatable bonds is 4. The van der Waals surface area contributed by atoms with Gasteiger partial charge in [-0.3, -0.25) is 0 Å². The third kappa shape index (κ3) is 2.92. The number of ether oxygens (including phenoxy) is 1. The first kappa shape index (κ1) is 12.4. The molecule has 1 aromatic carbocycles. The molecule has 0 atom stereocenters. The molecular weight excluding hydrogens is 207 g/mol. The van der Waals surface area contributed by atoms with Gasteiger partial charge in [0, 0.05) is 5.57 Å². The lowest BCUT2D eigenvalue weighted by Crippen LogP contribution is -2.06. The van der Waals surface area contributed by atoms with Gasteiger partial charge >= 0.3 is 5.97 Å². The van der Waals surface area contributed by atoms with Crippen molar-refractivity contribution in [2.24, 2.45) is 0 Å². The van der Waals surface area contributed by atoms with Gasteiger partial charge in [0.15, 0.2) is 0 Å². The third-order valence-electron chi connectivity index (χ3n) is 2.20. The van der Waals surface area contributed by atoms with E-state index in [9.17, 15) is 9.18 Å². The lowest BCUT2D eigenvalue weighted by atomic mass is 10.0. The van der Waals surface area contributed by atoms with Crippen molar-refractivity contribution >= 4 is 11.5 Å². The largest absolute Gasteiger partial charge is 0.461 e. The molecule has 0 saturated carbocycles. The summed E-state index contributed by atoms with van der Waals surface area (Å²) in [5.41, 5.74) is 1.11. The molecule has 86 valence electrons. The van der Waals surface area contributed by atoms with Gasteiger partial charge in [0.1, 0.15) is 0 Å². The van der Waals surface area contributed by atoms with Crippen LogP contribution in [0.1, 0.15) is 25.8 Å². The van der Waals surface area contributed by atoms with Gasteiger partial charge in [-0.05, 0) is 18.9 Å². The second-order valence-electron chi connectivity index (χ2n) is 3.23. The standard InChI is InChI=1S/C13H15FO2/c1-3-11(10-8-6-5-7-9-10)12(14)13(15)16-4-2/h5-9H,3-4H2,1-2H3/b12-11+. The number of halogens is 1. The Hall–Kier alpha value is -1.64. The van der Waals surface area contributed by atoms with Crippen LogP contribution in [0.5, 0.6) is 0 Å². The smallest absolute Gasteiger partial charge is 0.367 e. The van der Waals surface area contributed by atoms with E-state index in [1.807, 2.05) is 18.2 Å². The molecule has 0 aliphatic rings. The molecule has 1 aromatic rings. The zero-order chi connectivity index (χ0) is 12.0. The predicted molar refractivity (Wildman–Crippen MR) is 61.4 cm³/mol. The molecule has 0 heterocycles. The van der Waals surface area contributed by atoms with Crippen LogP contribution in [0.25, 0.3) is 5.57 Å². The first-order valence-electron chi connectivity index (χ1n) is 5.31. The lowest BCUT2D eigenvalue weighted by Gasteiger charge is -2.07. The van der Waals surface area contributed by atoms with E-state index in [0.29, 0.717) is 12.0 Å². The van der Waals surface area contributed by atoms with E-state index in [-0.39, 0.29) is 6.61 Å². The minimum absolute atomic E-state index is 0.179.